The van der Waals surface area contributed by atoms with Crippen LogP contribution in [0.1, 0.15) is 29.8 Å². The van der Waals surface area contributed by atoms with Crippen molar-refractivity contribution in [2.75, 3.05) is 0 Å². The second-order valence-electron chi connectivity index (χ2n) is 4.89. The second-order valence-corrected chi connectivity index (χ2v) is 4.89. The number of aromatic nitrogens is 2. The van der Waals surface area contributed by atoms with Gasteiger partial charge in [0, 0.05) is 12.2 Å². The first-order valence-electron chi connectivity index (χ1n) is 6.55. The Balaban J connectivity index is 1.70. The number of benzene rings is 1. The maximum Gasteiger partial charge on any atom is 0.132 e. The molecule has 3 nitrogen and oxygen atoms in total. The molecule has 0 fully saturated rings. The molecule has 0 N–H and O–H groups in total. The van der Waals surface area contributed by atoms with Crippen LogP contribution in [0.4, 0.5) is 0 Å². The quantitative estimate of drug-likeness (QED) is 0.827. The van der Waals surface area contributed by atoms with Gasteiger partial charge in [-0.2, -0.15) is 0 Å². The fourth-order valence-corrected chi connectivity index (χ4v) is 2.41. The van der Waals surface area contributed by atoms with Crippen molar-refractivity contribution < 1.29 is 4.74 Å². The number of rotatable bonds is 3. The number of aryl methyl sites for hydroxylation is 2. The normalized spacial score (nSPS) is 14.3. The van der Waals surface area contributed by atoms with Crippen LogP contribution in [0.2, 0.25) is 0 Å². The molecule has 0 saturated carbocycles. The molecule has 3 rings (SSSR count). The first-order valence-corrected chi connectivity index (χ1v) is 6.55. The molecule has 2 heterocycles. The molecule has 2 aromatic rings. The average molecular weight is 242 g/mol. The highest BCUT2D eigenvalue weighted by molar-refractivity contribution is 5.26. The van der Waals surface area contributed by atoms with Gasteiger partial charge in [0.2, 0.25) is 0 Å². The van der Waals surface area contributed by atoms with E-state index in [2.05, 4.69) is 28.6 Å². The zero-order chi connectivity index (χ0) is 12.4. The molecule has 0 atom stereocenters. The van der Waals surface area contributed by atoms with Crippen molar-refractivity contribution in [3.63, 3.8) is 0 Å². The van der Waals surface area contributed by atoms with Crippen molar-refractivity contribution in [3.8, 4) is 5.75 Å². The molecule has 0 bridgehead atoms. The third-order valence-corrected chi connectivity index (χ3v) is 3.49. The van der Waals surface area contributed by atoms with E-state index < -0.39 is 0 Å². The Morgan fingerprint density at radius 1 is 1.22 bits per heavy atom. The summed E-state index contributed by atoms with van der Waals surface area (Å²) in [5.41, 5.74) is 3.70. The zero-order valence-electron chi connectivity index (χ0n) is 10.7. The number of imidazole rings is 1. The largest absolute Gasteiger partial charge is 0.487 e. The molecule has 0 aliphatic carbocycles. The minimum absolute atomic E-state index is 0.575. The molecular weight excluding hydrogens is 224 g/mol. The Labute approximate surface area is 107 Å². The predicted octanol–water partition coefficient (Wildman–Crippen LogP) is 3.11. The predicted molar refractivity (Wildman–Crippen MR) is 70.7 cm³/mol. The number of ether oxygens (including phenoxy) is 1. The number of fused-ring (bicyclic) bond motifs is 1. The number of hydrogen-bond donors (Lipinski definition) is 0. The molecule has 0 saturated heterocycles. The molecule has 0 spiro atoms. The van der Waals surface area contributed by atoms with Crippen molar-refractivity contribution in [1.82, 2.24) is 9.55 Å². The van der Waals surface area contributed by atoms with E-state index in [0.29, 0.717) is 6.61 Å². The van der Waals surface area contributed by atoms with E-state index in [4.69, 9.17) is 4.74 Å². The standard InChI is InChI=1S/C15H18N2O/c1-12-5-7-13(8-6-12)18-10-14-15-4-2-3-9-17(15)11-16-14/h5-8,11H,2-4,9-10H2,1H3. The van der Waals surface area contributed by atoms with Gasteiger partial charge in [0.25, 0.3) is 0 Å². The zero-order valence-corrected chi connectivity index (χ0v) is 10.7. The highest BCUT2D eigenvalue weighted by atomic mass is 16.5. The number of hydrogen-bond acceptors (Lipinski definition) is 2. The lowest BCUT2D eigenvalue weighted by molar-refractivity contribution is 0.299. The van der Waals surface area contributed by atoms with Crippen LogP contribution in [0.25, 0.3) is 0 Å². The van der Waals surface area contributed by atoms with Gasteiger partial charge in [-0.05, 0) is 38.3 Å². The van der Waals surface area contributed by atoms with E-state index in [-0.39, 0.29) is 0 Å². The minimum atomic E-state index is 0.575. The lowest BCUT2D eigenvalue weighted by Crippen LogP contribution is -2.11. The maximum atomic E-state index is 5.80. The monoisotopic (exact) mass is 242 g/mol. The lowest BCUT2D eigenvalue weighted by Gasteiger charge is -2.15. The summed E-state index contributed by atoms with van der Waals surface area (Å²) in [6.45, 7) is 3.76. The highest BCUT2D eigenvalue weighted by Gasteiger charge is 2.14. The van der Waals surface area contributed by atoms with Crippen molar-refractivity contribution in [1.29, 1.82) is 0 Å². The van der Waals surface area contributed by atoms with Gasteiger partial charge in [0.05, 0.1) is 12.0 Å². The van der Waals surface area contributed by atoms with Gasteiger partial charge in [-0.25, -0.2) is 4.98 Å². The van der Waals surface area contributed by atoms with Gasteiger partial charge >= 0.3 is 0 Å². The summed E-state index contributed by atoms with van der Waals surface area (Å²) in [5.74, 6) is 0.915. The van der Waals surface area contributed by atoms with Crippen LogP contribution in [0, 0.1) is 6.92 Å². The van der Waals surface area contributed by atoms with Gasteiger partial charge in [0.1, 0.15) is 12.4 Å². The van der Waals surface area contributed by atoms with Crippen LogP contribution < -0.4 is 4.74 Å². The van der Waals surface area contributed by atoms with Gasteiger partial charge in [-0.1, -0.05) is 17.7 Å². The molecule has 1 aliphatic heterocycles. The van der Waals surface area contributed by atoms with Crippen molar-refractivity contribution in [3.05, 3.63) is 47.5 Å². The summed E-state index contributed by atoms with van der Waals surface area (Å²) in [4.78, 5) is 4.47. The molecule has 0 amide bonds. The van der Waals surface area contributed by atoms with E-state index in [9.17, 15) is 0 Å². The Bertz CT molecular complexity index is 528. The SMILES string of the molecule is Cc1ccc(OCc2ncn3c2CCCC3)cc1. The van der Waals surface area contributed by atoms with Crippen LogP contribution in [0.5, 0.6) is 5.75 Å². The molecule has 1 aromatic carbocycles. The van der Waals surface area contributed by atoms with E-state index in [0.717, 1.165) is 24.4 Å². The smallest absolute Gasteiger partial charge is 0.132 e. The fourth-order valence-electron chi connectivity index (χ4n) is 2.41. The summed E-state index contributed by atoms with van der Waals surface area (Å²) < 4.78 is 8.06. The molecule has 3 heteroatoms. The van der Waals surface area contributed by atoms with E-state index in [1.54, 1.807) is 0 Å². The molecule has 0 radical (unpaired) electrons. The molecule has 1 aliphatic rings. The minimum Gasteiger partial charge on any atom is -0.487 e. The topological polar surface area (TPSA) is 27.1 Å². The second kappa shape index (κ2) is 4.84. The first kappa shape index (κ1) is 11.3. The van der Waals surface area contributed by atoms with Crippen LogP contribution >= 0.6 is 0 Å². The summed E-state index contributed by atoms with van der Waals surface area (Å²) >= 11 is 0. The third kappa shape index (κ3) is 2.26. The highest BCUT2D eigenvalue weighted by Crippen LogP contribution is 2.20. The van der Waals surface area contributed by atoms with Crippen LogP contribution in [-0.2, 0) is 19.6 Å². The Morgan fingerprint density at radius 2 is 2.06 bits per heavy atom. The third-order valence-electron chi connectivity index (χ3n) is 3.49. The molecule has 94 valence electrons. The van der Waals surface area contributed by atoms with Crippen molar-refractivity contribution in [2.45, 2.75) is 39.3 Å². The fraction of sp³-hybridized carbons (Fsp3) is 0.400. The van der Waals surface area contributed by atoms with Gasteiger partial charge in [0.15, 0.2) is 0 Å². The van der Waals surface area contributed by atoms with Gasteiger partial charge in [-0.15, -0.1) is 0 Å². The van der Waals surface area contributed by atoms with Gasteiger partial charge in [-0.3, -0.25) is 0 Å². The summed E-state index contributed by atoms with van der Waals surface area (Å²) in [6.07, 6.45) is 5.61. The Hall–Kier alpha value is -1.77. The maximum absolute atomic E-state index is 5.80. The Kier molecular flexibility index (Phi) is 3.05. The Morgan fingerprint density at radius 3 is 2.89 bits per heavy atom. The summed E-state index contributed by atoms with van der Waals surface area (Å²) in [5, 5.41) is 0. The molecular formula is C15H18N2O. The van der Waals surface area contributed by atoms with Crippen LogP contribution in [-0.4, -0.2) is 9.55 Å². The van der Waals surface area contributed by atoms with Crippen LogP contribution in [0.15, 0.2) is 30.6 Å². The first-order chi connectivity index (χ1) is 8.83. The number of nitrogens with zero attached hydrogens (tertiary/aromatic N) is 2. The molecule has 18 heavy (non-hydrogen) atoms. The molecule has 1 aromatic heterocycles. The average Bonchev–Trinajstić information content (AvgIpc) is 2.82. The summed E-state index contributed by atoms with van der Waals surface area (Å²) in [7, 11) is 0. The molecule has 0 unspecified atom stereocenters. The van der Waals surface area contributed by atoms with E-state index in [1.807, 2.05) is 18.5 Å². The van der Waals surface area contributed by atoms with E-state index in [1.165, 1.54) is 24.1 Å². The van der Waals surface area contributed by atoms with Crippen molar-refractivity contribution >= 4 is 0 Å². The van der Waals surface area contributed by atoms with Gasteiger partial charge < -0.3 is 9.30 Å². The van der Waals surface area contributed by atoms with E-state index >= 15 is 0 Å². The van der Waals surface area contributed by atoms with Crippen LogP contribution in [0.3, 0.4) is 0 Å². The lowest BCUT2D eigenvalue weighted by atomic mass is 10.1. The van der Waals surface area contributed by atoms with Crippen molar-refractivity contribution in [2.24, 2.45) is 0 Å². The summed E-state index contributed by atoms with van der Waals surface area (Å²) in [6, 6.07) is 8.16.